The van der Waals surface area contributed by atoms with Crippen molar-refractivity contribution in [2.45, 2.75) is 34.6 Å². The summed E-state index contributed by atoms with van der Waals surface area (Å²) in [6.07, 6.45) is 1.28. The second-order valence-corrected chi connectivity index (χ2v) is 6.24. The highest BCUT2D eigenvalue weighted by Gasteiger charge is 2.21. The van der Waals surface area contributed by atoms with E-state index in [1.807, 2.05) is 31.4 Å². The Kier molecular flexibility index (Phi) is 4.58. The average molecular weight is 354 g/mol. The fraction of sp³-hybridized carbons (Fsp3) is 0.389. The van der Waals surface area contributed by atoms with E-state index in [0.717, 1.165) is 41.4 Å². The van der Waals surface area contributed by atoms with E-state index in [9.17, 15) is 10.1 Å². The molecule has 3 heterocycles. The molecule has 0 aromatic carbocycles. The summed E-state index contributed by atoms with van der Waals surface area (Å²) in [5.74, 6) is 0.978. The molecular weight excluding hydrogens is 332 g/mol. The molecule has 3 aromatic heterocycles. The number of anilines is 1. The van der Waals surface area contributed by atoms with Crippen LogP contribution in [0.2, 0.25) is 0 Å². The molecule has 0 fully saturated rings. The highest BCUT2D eigenvalue weighted by molar-refractivity contribution is 5.81. The number of aromatic nitrogens is 4. The zero-order valence-electron chi connectivity index (χ0n) is 15.6. The van der Waals surface area contributed by atoms with Crippen molar-refractivity contribution in [1.29, 1.82) is 0 Å². The van der Waals surface area contributed by atoms with Gasteiger partial charge in [0.25, 0.3) is 5.69 Å². The summed E-state index contributed by atoms with van der Waals surface area (Å²) in [4.78, 5) is 21.8. The van der Waals surface area contributed by atoms with Crippen molar-refractivity contribution in [1.82, 2.24) is 19.6 Å². The lowest BCUT2D eigenvalue weighted by Gasteiger charge is -2.21. The van der Waals surface area contributed by atoms with E-state index < -0.39 is 4.92 Å². The van der Waals surface area contributed by atoms with Crippen molar-refractivity contribution in [2.24, 2.45) is 0 Å². The predicted octanol–water partition coefficient (Wildman–Crippen LogP) is 3.47. The fourth-order valence-corrected chi connectivity index (χ4v) is 3.20. The summed E-state index contributed by atoms with van der Waals surface area (Å²) < 4.78 is 1.84. The van der Waals surface area contributed by atoms with Gasteiger partial charge >= 0.3 is 0 Å². The van der Waals surface area contributed by atoms with Crippen molar-refractivity contribution in [3.8, 4) is 11.3 Å². The van der Waals surface area contributed by atoms with Crippen LogP contribution in [-0.2, 0) is 0 Å². The molecule has 0 unspecified atom stereocenters. The van der Waals surface area contributed by atoms with Gasteiger partial charge in [0.05, 0.1) is 21.9 Å². The van der Waals surface area contributed by atoms with E-state index >= 15 is 0 Å². The maximum atomic E-state index is 11.0. The lowest BCUT2D eigenvalue weighted by molar-refractivity contribution is -0.385. The van der Waals surface area contributed by atoms with Crippen LogP contribution in [-0.4, -0.2) is 37.6 Å². The number of rotatable bonds is 5. The third-order valence-corrected chi connectivity index (χ3v) is 4.47. The van der Waals surface area contributed by atoms with Gasteiger partial charge in [0.15, 0.2) is 5.65 Å². The van der Waals surface area contributed by atoms with Crippen LogP contribution in [0, 0.1) is 30.9 Å². The van der Waals surface area contributed by atoms with Gasteiger partial charge in [0.2, 0.25) is 0 Å². The van der Waals surface area contributed by atoms with Gasteiger partial charge in [-0.1, -0.05) is 0 Å². The Morgan fingerprint density at radius 2 is 1.88 bits per heavy atom. The standard InChI is InChI=1S/C18H22N6O2/c1-6-22(7-2)15-9-12(4)20-18-16(13(5)21-23(15)18)17-11(3)8-14(10-19-17)24(25)26/h8-10H,6-7H2,1-5H3. The zero-order valence-corrected chi connectivity index (χ0v) is 15.6. The number of hydrogen-bond acceptors (Lipinski definition) is 6. The third kappa shape index (κ3) is 2.87. The minimum Gasteiger partial charge on any atom is -0.357 e. The Morgan fingerprint density at radius 1 is 1.19 bits per heavy atom. The Labute approximate surface area is 151 Å². The summed E-state index contributed by atoms with van der Waals surface area (Å²) >= 11 is 0. The highest BCUT2D eigenvalue weighted by atomic mass is 16.6. The van der Waals surface area contributed by atoms with Gasteiger partial charge in [-0.15, -0.1) is 0 Å². The molecule has 0 aliphatic heterocycles. The molecule has 0 aliphatic carbocycles. The zero-order chi connectivity index (χ0) is 19.0. The first-order valence-electron chi connectivity index (χ1n) is 8.60. The fourth-order valence-electron chi connectivity index (χ4n) is 3.20. The molecule has 8 heteroatoms. The number of hydrogen-bond donors (Lipinski definition) is 0. The van der Waals surface area contributed by atoms with E-state index in [4.69, 9.17) is 0 Å². The van der Waals surface area contributed by atoms with Gasteiger partial charge in [-0.3, -0.25) is 10.1 Å². The number of fused-ring (bicyclic) bond motifs is 1. The SMILES string of the molecule is CCN(CC)c1cc(C)nc2c(-c3ncc([N+](=O)[O-])cc3C)c(C)nn12. The van der Waals surface area contributed by atoms with E-state index in [1.165, 1.54) is 12.3 Å². The molecule has 136 valence electrons. The van der Waals surface area contributed by atoms with Crippen molar-refractivity contribution in [3.05, 3.63) is 45.4 Å². The topological polar surface area (TPSA) is 89.5 Å². The van der Waals surface area contributed by atoms with Crippen molar-refractivity contribution >= 4 is 17.2 Å². The molecule has 8 nitrogen and oxygen atoms in total. The molecular formula is C18H22N6O2. The molecule has 0 atom stereocenters. The summed E-state index contributed by atoms with van der Waals surface area (Å²) in [6, 6.07) is 3.55. The average Bonchev–Trinajstić information content (AvgIpc) is 2.91. The van der Waals surface area contributed by atoms with Crippen molar-refractivity contribution in [2.75, 3.05) is 18.0 Å². The van der Waals surface area contributed by atoms with Crippen LogP contribution in [0.4, 0.5) is 11.5 Å². The lowest BCUT2D eigenvalue weighted by Crippen LogP contribution is -2.25. The van der Waals surface area contributed by atoms with E-state index in [2.05, 4.69) is 33.8 Å². The molecule has 0 bridgehead atoms. The van der Waals surface area contributed by atoms with Crippen LogP contribution in [0.5, 0.6) is 0 Å². The first-order chi connectivity index (χ1) is 12.4. The quantitative estimate of drug-likeness (QED) is 0.515. The normalized spacial score (nSPS) is 11.1. The Hall–Kier alpha value is -3.03. The molecule has 0 amide bonds. The smallest absolute Gasteiger partial charge is 0.287 e. The molecule has 0 aliphatic rings. The van der Waals surface area contributed by atoms with Gasteiger partial charge in [0, 0.05) is 30.9 Å². The Bertz CT molecular complexity index is 991. The highest BCUT2D eigenvalue weighted by Crippen LogP contribution is 2.32. The second-order valence-electron chi connectivity index (χ2n) is 6.24. The number of nitrogens with zero attached hydrogens (tertiary/aromatic N) is 6. The van der Waals surface area contributed by atoms with Gasteiger partial charge in [-0.25, -0.2) is 9.97 Å². The van der Waals surface area contributed by atoms with Crippen LogP contribution in [0.1, 0.15) is 30.8 Å². The van der Waals surface area contributed by atoms with E-state index in [0.29, 0.717) is 11.3 Å². The van der Waals surface area contributed by atoms with Crippen LogP contribution in [0.3, 0.4) is 0 Å². The van der Waals surface area contributed by atoms with Crippen molar-refractivity contribution in [3.63, 3.8) is 0 Å². The predicted molar refractivity (Wildman–Crippen MR) is 101 cm³/mol. The van der Waals surface area contributed by atoms with Crippen molar-refractivity contribution < 1.29 is 4.92 Å². The van der Waals surface area contributed by atoms with Gasteiger partial charge in [-0.05, 0) is 40.2 Å². The van der Waals surface area contributed by atoms with Crippen LogP contribution >= 0.6 is 0 Å². The first kappa shape index (κ1) is 17.8. The molecule has 0 N–H and O–H groups in total. The molecule has 0 radical (unpaired) electrons. The summed E-state index contributed by atoms with van der Waals surface area (Å²) in [6.45, 7) is 11.6. The number of aryl methyl sites for hydroxylation is 3. The van der Waals surface area contributed by atoms with Gasteiger partial charge in [0.1, 0.15) is 12.0 Å². The minimum atomic E-state index is -0.437. The summed E-state index contributed by atoms with van der Waals surface area (Å²) in [5, 5.41) is 15.7. The molecule has 26 heavy (non-hydrogen) atoms. The Balaban J connectivity index is 2.28. The number of pyridine rings is 1. The van der Waals surface area contributed by atoms with Crippen LogP contribution in [0.25, 0.3) is 16.9 Å². The summed E-state index contributed by atoms with van der Waals surface area (Å²) in [5.41, 5.74) is 4.59. The second kappa shape index (κ2) is 6.70. The summed E-state index contributed by atoms with van der Waals surface area (Å²) in [7, 11) is 0. The molecule has 0 saturated heterocycles. The van der Waals surface area contributed by atoms with Gasteiger partial charge < -0.3 is 4.90 Å². The first-order valence-corrected chi connectivity index (χ1v) is 8.60. The largest absolute Gasteiger partial charge is 0.357 e. The Morgan fingerprint density at radius 3 is 2.46 bits per heavy atom. The third-order valence-electron chi connectivity index (χ3n) is 4.47. The monoisotopic (exact) mass is 354 g/mol. The maximum absolute atomic E-state index is 11.0. The number of nitro groups is 1. The van der Waals surface area contributed by atoms with Crippen LogP contribution in [0.15, 0.2) is 18.3 Å². The minimum absolute atomic E-state index is 0.0200. The van der Waals surface area contributed by atoms with Gasteiger partial charge in [-0.2, -0.15) is 9.61 Å². The molecule has 3 rings (SSSR count). The molecule has 0 spiro atoms. The molecule has 0 saturated carbocycles. The van der Waals surface area contributed by atoms with E-state index in [-0.39, 0.29) is 5.69 Å². The molecule has 3 aromatic rings. The lowest BCUT2D eigenvalue weighted by atomic mass is 10.1. The maximum Gasteiger partial charge on any atom is 0.287 e. The van der Waals surface area contributed by atoms with E-state index in [1.54, 1.807) is 0 Å². The van der Waals surface area contributed by atoms with Crippen LogP contribution < -0.4 is 4.90 Å².